The van der Waals surface area contributed by atoms with Crippen LogP contribution in [0.15, 0.2) is 54.7 Å². The van der Waals surface area contributed by atoms with Gasteiger partial charge in [-0.15, -0.1) is 0 Å². The predicted octanol–water partition coefficient (Wildman–Crippen LogP) is 4.21. The minimum atomic E-state index is -0.519. The molecule has 0 N–H and O–H groups in total. The van der Waals surface area contributed by atoms with Crippen molar-refractivity contribution in [2.24, 2.45) is 0 Å². The highest BCUT2D eigenvalue weighted by Gasteiger charge is 2.16. The van der Waals surface area contributed by atoms with E-state index in [9.17, 15) is 9.59 Å². The standard InChI is InChI=1S/C25H29NO6/c1-25(2,3)32-23(27)17-30-13-14-31-21-9-5-18(6-10-21)16-26-12-11-19-7-8-20(15-22(19)26)24(28)29-4/h5-12,15H,13-14,16-17H2,1-4H3. The molecule has 0 fully saturated rings. The van der Waals surface area contributed by atoms with Crippen LogP contribution in [0.5, 0.6) is 5.75 Å². The number of rotatable bonds is 9. The lowest BCUT2D eigenvalue weighted by Gasteiger charge is -2.19. The van der Waals surface area contributed by atoms with E-state index in [4.69, 9.17) is 18.9 Å². The minimum Gasteiger partial charge on any atom is -0.491 e. The van der Waals surface area contributed by atoms with Gasteiger partial charge in [0.15, 0.2) is 0 Å². The van der Waals surface area contributed by atoms with Crippen LogP contribution in [0.25, 0.3) is 10.9 Å². The predicted molar refractivity (Wildman–Crippen MR) is 121 cm³/mol. The molecule has 0 aliphatic rings. The Kier molecular flexibility index (Phi) is 7.53. The summed E-state index contributed by atoms with van der Waals surface area (Å²) < 4.78 is 23.0. The van der Waals surface area contributed by atoms with E-state index in [2.05, 4.69) is 4.57 Å². The highest BCUT2D eigenvalue weighted by Crippen LogP contribution is 2.21. The minimum absolute atomic E-state index is 0.0952. The Morgan fingerprint density at radius 2 is 1.72 bits per heavy atom. The molecule has 7 nitrogen and oxygen atoms in total. The third-order valence-electron chi connectivity index (χ3n) is 4.61. The van der Waals surface area contributed by atoms with Crippen LogP contribution in [0, 0.1) is 0 Å². The molecule has 0 amide bonds. The molecule has 7 heteroatoms. The Bertz CT molecular complexity index is 1060. The van der Waals surface area contributed by atoms with E-state index < -0.39 is 11.6 Å². The van der Waals surface area contributed by atoms with Gasteiger partial charge in [-0.25, -0.2) is 9.59 Å². The number of ether oxygens (including phenoxy) is 4. The molecule has 0 atom stereocenters. The second-order valence-electron chi connectivity index (χ2n) is 8.34. The summed E-state index contributed by atoms with van der Waals surface area (Å²) in [6.45, 7) is 6.64. The molecule has 1 aromatic heterocycles. The zero-order valence-corrected chi connectivity index (χ0v) is 18.9. The number of methoxy groups -OCH3 is 1. The van der Waals surface area contributed by atoms with Crippen LogP contribution in [-0.2, 0) is 25.5 Å². The average molecular weight is 440 g/mol. The summed E-state index contributed by atoms with van der Waals surface area (Å²) in [6.07, 6.45) is 2.00. The molecule has 0 unspecified atom stereocenters. The lowest BCUT2D eigenvalue weighted by Crippen LogP contribution is -2.27. The molecule has 0 radical (unpaired) electrons. The highest BCUT2D eigenvalue weighted by atomic mass is 16.6. The molecular weight excluding hydrogens is 410 g/mol. The Balaban J connectivity index is 1.50. The van der Waals surface area contributed by atoms with Gasteiger partial charge in [-0.3, -0.25) is 0 Å². The van der Waals surface area contributed by atoms with Crippen molar-refractivity contribution in [3.05, 3.63) is 65.9 Å². The summed E-state index contributed by atoms with van der Waals surface area (Å²) in [7, 11) is 1.38. The third kappa shape index (κ3) is 6.59. The van der Waals surface area contributed by atoms with Gasteiger partial charge in [0.1, 0.15) is 24.6 Å². The van der Waals surface area contributed by atoms with Gasteiger partial charge in [0.25, 0.3) is 0 Å². The Hall–Kier alpha value is -3.32. The molecule has 3 aromatic rings. The van der Waals surface area contributed by atoms with Crippen molar-refractivity contribution in [3.8, 4) is 5.75 Å². The molecular formula is C25H29NO6. The average Bonchev–Trinajstić information content (AvgIpc) is 3.14. The monoisotopic (exact) mass is 439 g/mol. The first-order valence-corrected chi connectivity index (χ1v) is 10.4. The van der Waals surface area contributed by atoms with Crippen LogP contribution in [0.4, 0.5) is 0 Å². The number of carbonyl (C=O) groups excluding carboxylic acids is 2. The number of hydrogen-bond donors (Lipinski definition) is 0. The molecule has 0 saturated carbocycles. The van der Waals surface area contributed by atoms with Crippen LogP contribution >= 0.6 is 0 Å². The van der Waals surface area contributed by atoms with Crippen molar-refractivity contribution < 1.29 is 28.5 Å². The van der Waals surface area contributed by atoms with E-state index in [0.717, 1.165) is 22.2 Å². The van der Waals surface area contributed by atoms with E-state index >= 15 is 0 Å². The van der Waals surface area contributed by atoms with Crippen molar-refractivity contribution in [1.29, 1.82) is 0 Å². The first-order valence-electron chi connectivity index (χ1n) is 10.4. The smallest absolute Gasteiger partial charge is 0.337 e. The van der Waals surface area contributed by atoms with Crippen LogP contribution in [0.2, 0.25) is 0 Å². The van der Waals surface area contributed by atoms with Crippen molar-refractivity contribution >= 4 is 22.8 Å². The molecule has 1 heterocycles. The SMILES string of the molecule is COC(=O)c1ccc2ccn(Cc3ccc(OCCOCC(=O)OC(C)(C)C)cc3)c2c1. The fraction of sp³-hybridized carbons (Fsp3) is 0.360. The highest BCUT2D eigenvalue weighted by molar-refractivity contribution is 5.94. The lowest BCUT2D eigenvalue weighted by molar-refractivity contribution is -0.160. The van der Waals surface area contributed by atoms with Gasteiger partial charge in [-0.2, -0.15) is 0 Å². The lowest BCUT2D eigenvalue weighted by atomic mass is 10.1. The maximum Gasteiger partial charge on any atom is 0.337 e. The third-order valence-corrected chi connectivity index (χ3v) is 4.61. The normalized spacial score (nSPS) is 11.4. The fourth-order valence-electron chi connectivity index (χ4n) is 3.20. The maximum absolute atomic E-state index is 11.8. The summed E-state index contributed by atoms with van der Waals surface area (Å²) in [5.74, 6) is -0.0192. The molecule has 32 heavy (non-hydrogen) atoms. The van der Waals surface area contributed by atoms with E-state index in [1.165, 1.54) is 7.11 Å². The summed E-state index contributed by atoms with van der Waals surface area (Å²) in [6, 6.07) is 15.3. The number of nitrogens with zero attached hydrogens (tertiary/aromatic N) is 1. The molecule has 170 valence electrons. The topological polar surface area (TPSA) is 76.0 Å². The van der Waals surface area contributed by atoms with Crippen LogP contribution in [0.3, 0.4) is 0 Å². The summed E-state index contributed by atoms with van der Waals surface area (Å²) in [4.78, 5) is 23.4. The molecule has 2 aromatic carbocycles. The Morgan fingerprint density at radius 1 is 0.969 bits per heavy atom. The van der Waals surface area contributed by atoms with Crippen molar-refractivity contribution in [2.75, 3.05) is 26.9 Å². The largest absolute Gasteiger partial charge is 0.491 e. The Labute approximate surface area is 187 Å². The summed E-state index contributed by atoms with van der Waals surface area (Å²) in [5, 5.41) is 1.06. The number of hydrogen-bond acceptors (Lipinski definition) is 6. The van der Waals surface area contributed by atoms with E-state index in [1.807, 2.05) is 69.4 Å². The zero-order chi connectivity index (χ0) is 23.1. The second kappa shape index (κ2) is 10.3. The molecule has 3 rings (SSSR count). The van der Waals surface area contributed by atoms with Gasteiger partial charge in [-0.1, -0.05) is 18.2 Å². The van der Waals surface area contributed by atoms with E-state index in [-0.39, 0.29) is 12.6 Å². The number of fused-ring (bicyclic) bond motifs is 1. The van der Waals surface area contributed by atoms with Crippen molar-refractivity contribution in [2.45, 2.75) is 32.9 Å². The number of esters is 2. The van der Waals surface area contributed by atoms with Crippen LogP contribution in [-0.4, -0.2) is 49.0 Å². The number of aromatic nitrogens is 1. The number of benzene rings is 2. The van der Waals surface area contributed by atoms with Gasteiger partial charge in [0.05, 0.1) is 19.3 Å². The van der Waals surface area contributed by atoms with Crippen LogP contribution in [0.1, 0.15) is 36.7 Å². The molecule has 0 spiro atoms. The first-order chi connectivity index (χ1) is 15.2. The van der Waals surface area contributed by atoms with E-state index in [0.29, 0.717) is 25.3 Å². The van der Waals surface area contributed by atoms with Gasteiger partial charge in [-0.05, 0) is 62.1 Å². The molecule has 0 aliphatic carbocycles. The maximum atomic E-state index is 11.8. The first kappa shape index (κ1) is 23.3. The zero-order valence-electron chi connectivity index (χ0n) is 18.9. The molecule has 0 bridgehead atoms. The molecule has 0 aliphatic heterocycles. The second-order valence-corrected chi connectivity index (χ2v) is 8.34. The van der Waals surface area contributed by atoms with Crippen LogP contribution < -0.4 is 4.74 Å². The summed E-state index contributed by atoms with van der Waals surface area (Å²) >= 11 is 0. The Morgan fingerprint density at radius 3 is 2.41 bits per heavy atom. The van der Waals surface area contributed by atoms with Gasteiger partial charge >= 0.3 is 11.9 Å². The summed E-state index contributed by atoms with van der Waals surface area (Å²) in [5.41, 5.74) is 2.07. The fourth-order valence-corrected chi connectivity index (χ4v) is 3.20. The van der Waals surface area contributed by atoms with Gasteiger partial charge in [0.2, 0.25) is 0 Å². The van der Waals surface area contributed by atoms with Gasteiger partial charge < -0.3 is 23.5 Å². The number of carbonyl (C=O) groups is 2. The van der Waals surface area contributed by atoms with Gasteiger partial charge in [0, 0.05) is 18.3 Å². The quantitative estimate of drug-likeness (QED) is 0.367. The molecule has 0 saturated heterocycles. The van der Waals surface area contributed by atoms with Crippen molar-refractivity contribution in [1.82, 2.24) is 4.57 Å². The van der Waals surface area contributed by atoms with Crippen molar-refractivity contribution in [3.63, 3.8) is 0 Å². The van der Waals surface area contributed by atoms with E-state index in [1.54, 1.807) is 6.07 Å².